The Balaban J connectivity index is 3.10. The molecule has 1 unspecified atom stereocenters. The van der Waals surface area contributed by atoms with Crippen LogP contribution in [0, 0.1) is 17.1 Å². The quantitative estimate of drug-likeness (QED) is 0.821. The molecule has 1 N–H and O–H groups in total. The molecule has 0 bridgehead atoms. The lowest BCUT2D eigenvalue weighted by Gasteiger charge is -2.21. The van der Waals surface area contributed by atoms with Crippen molar-refractivity contribution in [3.05, 3.63) is 23.1 Å². The van der Waals surface area contributed by atoms with Gasteiger partial charge < -0.3 is 10.1 Å². The predicted molar refractivity (Wildman–Crippen MR) is 67.3 cm³/mol. The fourth-order valence-electron chi connectivity index (χ4n) is 1.63. The number of hydrogen-bond acceptors (Lipinski definition) is 4. The Morgan fingerprint density at radius 1 is 1.48 bits per heavy atom. The summed E-state index contributed by atoms with van der Waals surface area (Å²) in [6.45, 7) is 1.68. The maximum absolute atomic E-state index is 13.5. The van der Waals surface area contributed by atoms with Crippen molar-refractivity contribution in [3.63, 3.8) is 0 Å². The van der Waals surface area contributed by atoms with E-state index in [1.807, 2.05) is 0 Å². The number of halogens is 4. The zero-order chi connectivity index (χ0) is 16.0. The normalized spacial score (nSPS) is 12.8. The van der Waals surface area contributed by atoms with Gasteiger partial charge in [-0.1, -0.05) is 6.92 Å². The van der Waals surface area contributed by atoms with Crippen LogP contribution in [0.25, 0.3) is 0 Å². The van der Waals surface area contributed by atoms with Crippen molar-refractivity contribution < 1.29 is 22.3 Å². The second-order valence-electron chi connectivity index (χ2n) is 4.28. The Labute approximate surface area is 119 Å². The molecule has 1 heterocycles. The number of pyridine rings is 1. The van der Waals surface area contributed by atoms with Gasteiger partial charge in [-0.2, -0.15) is 18.4 Å². The van der Waals surface area contributed by atoms with Gasteiger partial charge in [0.2, 0.25) is 5.88 Å². The van der Waals surface area contributed by atoms with E-state index < -0.39 is 24.0 Å². The number of nitrogens with one attached hydrogen (secondary N) is 1. The van der Waals surface area contributed by atoms with Crippen LogP contribution in [-0.4, -0.2) is 30.9 Å². The summed E-state index contributed by atoms with van der Waals surface area (Å²) in [6.07, 6.45) is -6.88. The van der Waals surface area contributed by atoms with E-state index in [4.69, 9.17) is 10.00 Å². The molecule has 0 fully saturated rings. The molecule has 0 saturated heterocycles. The zero-order valence-corrected chi connectivity index (χ0v) is 11.6. The van der Waals surface area contributed by atoms with Crippen LogP contribution in [-0.2, 0) is 6.42 Å². The van der Waals surface area contributed by atoms with E-state index in [-0.39, 0.29) is 30.6 Å². The molecule has 0 aliphatic heterocycles. The number of alkyl halides is 3. The summed E-state index contributed by atoms with van der Waals surface area (Å²) < 4.78 is 57.0. The van der Waals surface area contributed by atoms with Gasteiger partial charge in [-0.3, -0.25) is 0 Å². The smallest absolute Gasteiger partial charge is 0.425 e. The maximum Gasteiger partial charge on any atom is 0.425 e. The lowest BCUT2D eigenvalue weighted by Crippen LogP contribution is -2.37. The average Bonchev–Trinajstić information content (AvgIpc) is 2.42. The molecule has 0 aliphatic rings. The second kappa shape index (κ2) is 7.22. The van der Waals surface area contributed by atoms with Gasteiger partial charge >= 0.3 is 6.18 Å². The second-order valence-corrected chi connectivity index (χ2v) is 4.28. The molecule has 116 valence electrons. The molecule has 1 aromatic rings. The molecular weight excluding hydrogens is 290 g/mol. The van der Waals surface area contributed by atoms with Gasteiger partial charge in [0.15, 0.2) is 6.10 Å². The summed E-state index contributed by atoms with van der Waals surface area (Å²) in [7, 11) is 1.51. The van der Waals surface area contributed by atoms with E-state index in [2.05, 4.69) is 10.3 Å². The van der Waals surface area contributed by atoms with Crippen LogP contribution in [0.4, 0.5) is 17.6 Å². The van der Waals surface area contributed by atoms with Crippen LogP contribution in [0.15, 0.2) is 6.07 Å². The number of ether oxygens (including phenoxy) is 1. The number of hydrogen-bond donors (Lipinski definition) is 1. The average molecular weight is 305 g/mol. The molecule has 0 spiro atoms. The van der Waals surface area contributed by atoms with E-state index >= 15 is 0 Å². The summed E-state index contributed by atoms with van der Waals surface area (Å²) in [5.41, 5.74) is -0.401. The summed E-state index contributed by atoms with van der Waals surface area (Å²) in [5.74, 6) is -1.23. The molecule has 21 heavy (non-hydrogen) atoms. The van der Waals surface area contributed by atoms with Gasteiger partial charge in [-0.25, -0.2) is 9.37 Å². The van der Waals surface area contributed by atoms with E-state index in [0.29, 0.717) is 0 Å². The largest absolute Gasteiger partial charge is 0.464 e. The third kappa shape index (κ3) is 4.56. The van der Waals surface area contributed by atoms with E-state index in [1.54, 1.807) is 13.0 Å². The van der Waals surface area contributed by atoms with Gasteiger partial charge in [0.1, 0.15) is 17.4 Å². The molecule has 0 aliphatic carbocycles. The SMILES string of the molecule is CCc1nc(OC(CCNC)C(F)(F)F)c(C#N)cc1F. The minimum absolute atomic E-state index is 0.0430. The van der Waals surface area contributed by atoms with Crippen molar-refractivity contribution in [1.29, 1.82) is 5.26 Å². The van der Waals surface area contributed by atoms with Crippen LogP contribution < -0.4 is 10.1 Å². The van der Waals surface area contributed by atoms with Crippen LogP contribution >= 0.6 is 0 Å². The number of aryl methyl sites for hydroxylation is 1. The molecular formula is C13H15F4N3O. The Morgan fingerprint density at radius 3 is 2.62 bits per heavy atom. The zero-order valence-electron chi connectivity index (χ0n) is 11.6. The molecule has 0 aromatic carbocycles. The standard InChI is InChI=1S/C13H15F4N3O/c1-3-10-9(14)6-8(7-18)12(20-10)21-11(4-5-19-2)13(15,16)17/h6,11,19H,3-5H2,1-2H3. The first-order valence-electron chi connectivity index (χ1n) is 6.31. The molecule has 1 aromatic heterocycles. The predicted octanol–water partition coefficient (Wildman–Crippen LogP) is 2.57. The van der Waals surface area contributed by atoms with Crippen LogP contribution in [0.2, 0.25) is 0 Å². The van der Waals surface area contributed by atoms with Crippen LogP contribution in [0.3, 0.4) is 0 Å². The van der Waals surface area contributed by atoms with Crippen molar-refractivity contribution in [2.75, 3.05) is 13.6 Å². The maximum atomic E-state index is 13.5. The highest BCUT2D eigenvalue weighted by molar-refractivity contribution is 5.39. The van der Waals surface area contributed by atoms with Crippen molar-refractivity contribution in [3.8, 4) is 11.9 Å². The van der Waals surface area contributed by atoms with Gasteiger partial charge in [-0.05, 0) is 26.1 Å². The minimum atomic E-state index is -4.61. The molecule has 8 heteroatoms. The number of rotatable bonds is 6. The topological polar surface area (TPSA) is 57.9 Å². The van der Waals surface area contributed by atoms with Gasteiger partial charge in [0, 0.05) is 6.42 Å². The molecule has 1 atom stereocenters. The van der Waals surface area contributed by atoms with Gasteiger partial charge in [-0.15, -0.1) is 0 Å². The van der Waals surface area contributed by atoms with Crippen molar-refractivity contribution in [2.45, 2.75) is 32.0 Å². The van der Waals surface area contributed by atoms with Gasteiger partial charge in [0.05, 0.1) is 5.69 Å². The molecule has 0 radical (unpaired) electrons. The third-order valence-corrected chi connectivity index (χ3v) is 2.74. The van der Waals surface area contributed by atoms with E-state index in [9.17, 15) is 17.6 Å². The van der Waals surface area contributed by atoms with E-state index in [0.717, 1.165) is 6.07 Å². The Morgan fingerprint density at radius 2 is 2.14 bits per heavy atom. The first-order chi connectivity index (χ1) is 9.83. The first kappa shape index (κ1) is 17.2. The molecule has 0 saturated carbocycles. The number of aromatic nitrogens is 1. The van der Waals surface area contributed by atoms with Crippen molar-refractivity contribution >= 4 is 0 Å². The Bertz CT molecular complexity index is 525. The van der Waals surface area contributed by atoms with Crippen molar-refractivity contribution in [2.24, 2.45) is 0 Å². The summed E-state index contributed by atoms with van der Waals surface area (Å²) in [6, 6.07) is 2.43. The first-order valence-corrected chi connectivity index (χ1v) is 6.31. The van der Waals surface area contributed by atoms with Crippen LogP contribution in [0.1, 0.15) is 24.6 Å². The summed E-state index contributed by atoms with van der Waals surface area (Å²) >= 11 is 0. The molecule has 0 amide bonds. The van der Waals surface area contributed by atoms with Crippen LogP contribution in [0.5, 0.6) is 5.88 Å². The van der Waals surface area contributed by atoms with Gasteiger partial charge in [0.25, 0.3) is 0 Å². The highest BCUT2D eigenvalue weighted by Gasteiger charge is 2.42. The van der Waals surface area contributed by atoms with Crippen molar-refractivity contribution in [1.82, 2.24) is 10.3 Å². The highest BCUT2D eigenvalue weighted by atomic mass is 19.4. The third-order valence-electron chi connectivity index (χ3n) is 2.74. The minimum Gasteiger partial charge on any atom is -0.464 e. The molecule has 4 nitrogen and oxygen atoms in total. The lowest BCUT2D eigenvalue weighted by molar-refractivity contribution is -0.197. The van der Waals surface area contributed by atoms with E-state index in [1.165, 1.54) is 7.05 Å². The fourth-order valence-corrected chi connectivity index (χ4v) is 1.63. The summed E-state index contributed by atoms with van der Waals surface area (Å²) in [5, 5.41) is 11.5. The highest BCUT2D eigenvalue weighted by Crippen LogP contribution is 2.28. The summed E-state index contributed by atoms with van der Waals surface area (Å²) in [4.78, 5) is 3.68. The fraction of sp³-hybridized carbons (Fsp3) is 0.538. The Kier molecular flexibility index (Phi) is 5.90. The molecule has 1 rings (SSSR count). The Hall–Kier alpha value is -1.88. The number of nitrogens with zero attached hydrogens (tertiary/aromatic N) is 2. The number of nitriles is 1. The monoisotopic (exact) mass is 305 g/mol. The lowest BCUT2D eigenvalue weighted by atomic mass is 10.2.